The summed E-state index contributed by atoms with van der Waals surface area (Å²) in [5.41, 5.74) is 0. The highest BCUT2D eigenvalue weighted by atomic mass is 16.5. The quantitative estimate of drug-likeness (QED) is 0.789. The number of likely N-dealkylation sites (tertiary alicyclic amines) is 1. The first-order chi connectivity index (χ1) is 11.8. The lowest BCUT2D eigenvalue weighted by Crippen LogP contribution is -2.39. The van der Waals surface area contributed by atoms with Gasteiger partial charge in [-0.2, -0.15) is 4.98 Å². The van der Waals surface area contributed by atoms with Crippen LogP contribution >= 0.6 is 0 Å². The lowest BCUT2D eigenvalue weighted by Gasteiger charge is -2.31. The molecule has 1 unspecified atom stereocenters. The molecule has 1 amide bonds. The second-order valence-electron chi connectivity index (χ2n) is 6.67. The predicted molar refractivity (Wildman–Crippen MR) is 87.0 cm³/mol. The van der Waals surface area contributed by atoms with Crippen molar-refractivity contribution in [1.82, 2.24) is 15.0 Å². The fraction of sp³-hybridized carbons (Fsp3) is 0.500. The van der Waals surface area contributed by atoms with E-state index in [0.717, 1.165) is 38.2 Å². The smallest absolute Gasteiger partial charge is 0.246 e. The molecule has 4 rings (SSSR count). The standard InChI is InChI=1S/C18H21N3O3/c22-17(8-7-15-4-2-10-23-15)21-9-1-3-13(12-21)11-16-19-18(20-24-16)14-5-6-14/h2,4,7-8,10,13-14H,1,3,5-6,9,11-12H2. The molecule has 1 saturated heterocycles. The maximum absolute atomic E-state index is 12.3. The Labute approximate surface area is 140 Å². The van der Waals surface area contributed by atoms with E-state index in [1.807, 2.05) is 11.0 Å². The number of carbonyl (C=O) groups is 1. The number of rotatable bonds is 5. The van der Waals surface area contributed by atoms with Gasteiger partial charge in [-0.15, -0.1) is 0 Å². The van der Waals surface area contributed by atoms with E-state index < -0.39 is 0 Å². The Morgan fingerprint density at radius 3 is 3.08 bits per heavy atom. The van der Waals surface area contributed by atoms with Crippen molar-refractivity contribution in [2.45, 2.75) is 38.0 Å². The van der Waals surface area contributed by atoms with Crippen molar-refractivity contribution in [3.63, 3.8) is 0 Å². The number of hydrogen-bond donors (Lipinski definition) is 0. The van der Waals surface area contributed by atoms with Crippen LogP contribution in [-0.2, 0) is 11.2 Å². The summed E-state index contributed by atoms with van der Waals surface area (Å²) < 4.78 is 10.6. The minimum atomic E-state index is 0.0281. The monoisotopic (exact) mass is 327 g/mol. The maximum atomic E-state index is 12.3. The molecule has 2 aromatic rings. The average molecular weight is 327 g/mol. The summed E-state index contributed by atoms with van der Waals surface area (Å²) in [7, 11) is 0. The molecule has 2 fully saturated rings. The van der Waals surface area contributed by atoms with Crippen LogP contribution in [-0.4, -0.2) is 34.0 Å². The molecule has 2 aliphatic rings. The third-order valence-corrected chi connectivity index (χ3v) is 4.65. The second kappa shape index (κ2) is 6.63. The van der Waals surface area contributed by atoms with Gasteiger partial charge in [-0.05, 0) is 49.8 Å². The van der Waals surface area contributed by atoms with Gasteiger partial charge in [0, 0.05) is 31.5 Å². The molecule has 3 heterocycles. The number of furan rings is 1. The van der Waals surface area contributed by atoms with E-state index in [-0.39, 0.29) is 5.91 Å². The SMILES string of the molecule is O=C(C=Cc1ccco1)N1CCCC(Cc2nc(C3CC3)no2)C1. The molecule has 1 aliphatic heterocycles. The Morgan fingerprint density at radius 2 is 2.29 bits per heavy atom. The van der Waals surface area contributed by atoms with Crippen LogP contribution in [0.3, 0.4) is 0 Å². The molecular formula is C18H21N3O3. The zero-order chi connectivity index (χ0) is 16.4. The first kappa shape index (κ1) is 15.2. The predicted octanol–water partition coefficient (Wildman–Crippen LogP) is 3.03. The van der Waals surface area contributed by atoms with Crippen molar-refractivity contribution >= 4 is 12.0 Å². The van der Waals surface area contributed by atoms with Crippen molar-refractivity contribution in [3.8, 4) is 0 Å². The van der Waals surface area contributed by atoms with Crippen molar-refractivity contribution < 1.29 is 13.7 Å². The van der Waals surface area contributed by atoms with Crippen molar-refractivity contribution in [2.24, 2.45) is 5.92 Å². The average Bonchev–Trinajstić information content (AvgIpc) is 3.12. The lowest BCUT2D eigenvalue weighted by atomic mass is 9.94. The van der Waals surface area contributed by atoms with Gasteiger partial charge < -0.3 is 13.8 Å². The molecule has 1 atom stereocenters. The Bertz CT molecular complexity index is 716. The van der Waals surface area contributed by atoms with E-state index in [1.165, 1.54) is 12.8 Å². The van der Waals surface area contributed by atoms with E-state index in [4.69, 9.17) is 8.94 Å². The van der Waals surface area contributed by atoms with Crippen molar-refractivity contribution in [1.29, 1.82) is 0 Å². The van der Waals surface area contributed by atoms with Gasteiger partial charge in [0.25, 0.3) is 0 Å². The van der Waals surface area contributed by atoms with Crippen molar-refractivity contribution in [2.75, 3.05) is 13.1 Å². The van der Waals surface area contributed by atoms with E-state index in [1.54, 1.807) is 24.5 Å². The maximum Gasteiger partial charge on any atom is 0.246 e. The zero-order valence-electron chi connectivity index (χ0n) is 13.6. The summed E-state index contributed by atoms with van der Waals surface area (Å²) in [6.45, 7) is 1.54. The Morgan fingerprint density at radius 1 is 1.38 bits per heavy atom. The summed E-state index contributed by atoms with van der Waals surface area (Å²) in [6.07, 6.45) is 10.1. The van der Waals surface area contributed by atoms with Crippen LogP contribution in [0.5, 0.6) is 0 Å². The van der Waals surface area contributed by atoms with Crippen LogP contribution < -0.4 is 0 Å². The van der Waals surface area contributed by atoms with Gasteiger partial charge in [0.2, 0.25) is 11.8 Å². The molecule has 0 radical (unpaired) electrons. The minimum Gasteiger partial charge on any atom is -0.465 e. The highest BCUT2D eigenvalue weighted by molar-refractivity contribution is 5.91. The molecule has 126 valence electrons. The molecule has 6 nitrogen and oxygen atoms in total. The molecule has 1 aliphatic carbocycles. The van der Waals surface area contributed by atoms with E-state index in [9.17, 15) is 4.79 Å². The van der Waals surface area contributed by atoms with Crippen LogP contribution in [0.25, 0.3) is 6.08 Å². The third kappa shape index (κ3) is 3.58. The molecule has 0 bridgehead atoms. The minimum absolute atomic E-state index is 0.0281. The highest BCUT2D eigenvalue weighted by Crippen LogP contribution is 2.38. The Balaban J connectivity index is 1.33. The molecule has 1 saturated carbocycles. The second-order valence-corrected chi connectivity index (χ2v) is 6.67. The third-order valence-electron chi connectivity index (χ3n) is 4.65. The number of nitrogens with zero attached hydrogens (tertiary/aromatic N) is 3. The molecule has 6 heteroatoms. The molecule has 0 N–H and O–H groups in total. The Kier molecular flexibility index (Phi) is 4.19. The number of carbonyl (C=O) groups excluding carboxylic acids is 1. The normalized spacial score (nSPS) is 21.5. The van der Waals surface area contributed by atoms with Crippen LogP contribution in [0.15, 0.2) is 33.4 Å². The van der Waals surface area contributed by atoms with Crippen LogP contribution in [0, 0.1) is 5.92 Å². The van der Waals surface area contributed by atoms with Gasteiger partial charge >= 0.3 is 0 Å². The fourth-order valence-electron chi connectivity index (χ4n) is 3.18. The first-order valence-electron chi connectivity index (χ1n) is 8.61. The highest BCUT2D eigenvalue weighted by Gasteiger charge is 2.30. The van der Waals surface area contributed by atoms with E-state index in [2.05, 4.69) is 10.1 Å². The van der Waals surface area contributed by atoms with Gasteiger partial charge in [-0.3, -0.25) is 4.79 Å². The van der Waals surface area contributed by atoms with Gasteiger partial charge in [0.15, 0.2) is 5.82 Å². The topological polar surface area (TPSA) is 72.4 Å². The van der Waals surface area contributed by atoms with Gasteiger partial charge in [-0.1, -0.05) is 5.16 Å². The fourth-order valence-corrected chi connectivity index (χ4v) is 3.18. The van der Waals surface area contributed by atoms with E-state index >= 15 is 0 Å². The van der Waals surface area contributed by atoms with Crippen molar-refractivity contribution in [3.05, 3.63) is 41.9 Å². The number of piperidine rings is 1. The number of hydrogen-bond acceptors (Lipinski definition) is 5. The first-order valence-corrected chi connectivity index (χ1v) is 8.61. The van der Waals surface area contributed by atoms with Gasteiger partial charge in [-0.25, -0.2) is 0 Å². The van der Waals surface area contributed by atoms with Crippen LogP contribution in [0.1, 0.15) is 49.1 Å². The zero-order valence-corrected chi connectivity index (χ0v) is 13.6. The number of aromatic nitrogens is 2. The molecule has 0 aromatic carbocycles. The summed E-state index contributed by atoms with van der Waals surface area (Å²) in [6, 6.07) is 3.64. The lowest BCUT2D eigenvalue weighted by molar-refractivity contribution is -0.127. The van der Waals surface area contributed by atoms with Crippen LogP contribution in [0.2, 0.25) is 0 Å². The van der Waals surface area contributed by atoms with E-state index in [0.29, 0.717) is 23.5 Å². The summed E-state index contributed by atoms with van der Waals surface area (Å²) in [5.74, 6) is 3.18. The van der Waals surface area contributed by atoms with Gasteiger partial charge in [0.1, 0.15) is 5.76 Å². The largest absolute Gasteiger partial charge is 0.465 e. The molecule has 2 aromatic heterocycles. The summed E-state index contributed by atoms with van der Waals surface area (Å²) in [4.78, 5) is 18.7. The number of amides is 1. The van der Waals surface area contributed by atoms with Crippen LogP contribution in [0.4, 0.5) is 0 Å². The molecular weight excluding hydrogens is 306 g/mol. The molecule has 24 heavy (non-hydrogen) atoms. The Hall–Kier alpha value is -2.37. The summed E-state index contributed by atoms with van der Waals surface area (Å²) >= 11 is 0. The van der Waals surface area contributed by atoms with Gasteiger partial charge in [0.05, 0.1) is 6.26 Å². The molecule has 0 spiro atoms. The summed E-state index contributed by atoms with van der Waals surface area (Å²) in [5, 5.41) is 4.07.